The van der Waals surface area contributed by atoms with E-state index >= 15 is 4.39 Å². The van der Waals surface area contributed by atoms with Crippen molar-refractivity contribution in [1.29, 1.82) is 5.26 Å². The highest BCUT2D eigenvalue weighted by Crippen LogP contribution is 2.26. The summed E-state index contributed by atoms with van der Waals surface area (Å²) in [6.45, 7) is 2.21. The Morgan fingerprint density at radius 3 is 2.52 bits per heavy atom. The van der Waals surface area contributed by atoms with Gasteiger partial charge in [-0.3, -0.25) is 0 Å². The van der Waals surface area contributed by atoms with Crippen molar-refractivity contribution >= 4 is 17.0 Å². The van der Waals surface area contributed by atoms with Crippen LogP contribution in [-0.4, -0.2) is 38.8 Å². The van der Waals surface area contributed by atoms with Gasteiger partial charge in [0.2, 0.25) is 5.88 Å². The average molecular weight is 569 g/mol. The number of hydrogen-bond donors (Lipinski definition) is 1. The summed E-state index contributed by atoms with van der Waals surface area (Å²) in [5, 5.41) is 18.4. The summed E-state index contributed by atoms with van der Waals surface area (Å²) in [5.41, 5.74) is 3.28. The number of rotatable bonds is 10. The molecule has 8 nitrogen and oxygen atoms in total. The van der Waals surface area contributed by atoms with Crippen molar-refractivity contribution in [3.8, 4) is 23.2 Å². The fourth-order valence-electron chi connectivity index (χ4n) is 4.54. The predicted octanol–water partition coefficient (Wildman–Crippen LogP) is 6.15. The van der Waals surface area contributed by atoms with Crippen molar-refractivity contribution in [3.63, 3.8) is 0 Å². The molecule has 1 atom stereocenters. The van der Waals surface area contributed by atoms with Gasteiger partial charge >= 0.3 is 5.97 Å². The monoisotopic (exact) mass is 568 g/mol. The van der Waals surface area contributed by atoms with Crippen molar-refractivity contribution in [3.05, 3.63) is 113 Å². The molecule has 2 aromatic heterocycles. The smallest absolute Gasteiger partial charge is 0.335 e. The number of hydrogen-bond acceptors (Lipinski definition) is 6. The Hall–Kier alpha value is -5.14. The predicted molar refractivity (Wildman–Crippen MR) is 151 cm³/mol. The Labute approximate surface area is 240 Å². The number of carboxylic acids is 1. The van der Waals surface area contributed by atoms with E-state index < -0.39 is 17.6 Å². The lowest BCUT2D eigenvalue weighted by Gasteiger charge is -2.15. The third kappa shape index (κ3) is 6.11. The molecule has 0 bridgehead atoms. The Bertz CT molecular complexity index is 1830. The lowest BCUT2D eigenvalue weighted by atomic mass is 10.1. The summed E-state index contributed by atoms with van der Waals surface area (Å²) in [5.74, 6) is -1.23. The molecule has 5 aromatic rings. The van der Waals surface area contributed by atoms with E-state index in [0.29, 0.717) is 40.2 Å². The van der Waals surface area contributed by atoms with E-state index in [1.54, 1.807) is 49.6 Å². The minimum Gasteiger partial charge on any atom is -0.478 e. The van der Waals surface area contributed by atoms with Gasteiger partial charge in [0.15, 0.2) is 0 Å². The first-order valence-corrected chi connectivity index (χ1v) is 13.1. The SMILES string of the molecule is COC(C)Cn1c(Cc2ccc(-c3cccc(OCc4ccc(C#N)cc4F)n3)cc2F)nc2ccc(C(=O)O)cc21. The molecule has 1 N–H and O–H groups in total. The molecule has 0 radical (unpaired) electrons. The molecule has 0 amide bonds. The molecule has 1 unspecified atom stereocenters. The lowest BCUT2D eigenvalue weighted by Crippen LogP contribution is -2.17. The number of fused-ring (bicyclic) bond motifs is 1. The van der Waals surface area contributed by atoms with Crippen LogP contribution in [-0.2, 0) is 24.3 Å². The number of nitriles is 1. The maximum atomic E-state index is 15.4. The number of aromatic nitrogens is 3. The van der Waals surface area contributed by atoms with Crippen LogP contribution in [0.2, 0.25) is 0 Å². The molecule has 0 aliphatic carbocycles. The summed E-state index contributed by atoms with van der Waals surface area (Å²) < 4.78 is 42.6. The van der Waals surface area contributed by atoms with Gasteiger partial charge in [0, 0.05) is 30.7 Å². The molecule has 0 aliphatic heterocycles. The maximum absolute atomic E-state index is 15.4. The molecule has 0 spiro atoms. The molecule has 10 heteroatoms. The number of halogens is 2. The molecule has 0 fully saturated rings. The van der Waals surface area contributed by atoms with Crippen LogP contribution in [0.3, 0.4) is 0 Å². The van der Waals surface area contributed by atoms with Gasteiger partial charge in [-0.15, -0.1) is 0 Å². The Morgan fingerprint density at radius 1 is 1.02 bits per heavy atom. The summed E-state index contributed by atoms with van der Waals surface area (Å²) in [4.78, 5) is 20.6. The normalized spacial score (nSPS) is 11.8. The zero-order valence-electron chi connectivity index (χ0n) is 22.8. The molecular formula is C32H26F2N4O4. The number of ether oxygens (including phenoxy) is 2. The van der Waals surface area contributed by atoms with Crippen LogP contribution >= 0.6 is 0 Å². The maximum Gasteiger partial charge on any atom is 0.335 e. The quantitative estimate of drug-likeness (QED) is 0.215. The van der Waals surface area contributed by atoms with E-state index in [-0.39, 0.29) is 41.7 Å². The van der Waals surface area contributed by atoms with E-state index in [4.69, 9.17) is 14.7 Å². The van der Waals surface area contributed by atoms with Crippen LogP contribution in [0, 0.1) is 23.0 Å². The zero-order chi connectivity index (χ0) is 29.8. The van der Waals surface area contributed by atoms with Crippen molar-refractivity contribution in [1.82, 2.24) is 14.5 Å². The number of benzene rings is 3. The van der Waals surface area contributed by atoms with Crippen LogP contribution in [0.1, 0.15) is 39.8 Å². The highest BCUT2D eigenvalue weighted by atomic mass is 19.1. The van der Waals surface area contributed by atoms with E-state index in [2.05, 4.69) is 9.97 Å². The Balaban J connectivity index is 1.38. The largest absolute Gasteiger partial charge is 0.478 e. The van der Waals surface area contributed by atoms with Gasteiger partial charge in [0.05, 0.1) is 46.6 Å². The minimum atomic E-state index is -1.04. The first-order valence-electron chi connectivity index (χ1n) is 13.1. The van der Waals surface area contributed by atoms with E-state index in [1.165, 1.54) is 24.3 Å². The second-order valence-corrected chi connectivity index (χ2v) is 9.74. The molecule has 3 aromatic carbocycles. The molecule has 0 saturated carbocycles. The number of pyridine rings is 1. The van der Waals surface area contributed by atoms with Gasteiger partial charge < -0.3 is 19.1 Å². The second-order valence-electron chi connectivity index (χ2n) is 9.74. The lowest BCUT2D eigenvalue weighted by molar-refractivity contribution is 0.0697. The van der Waals surface area contributed by atoms with E-state index in [0.717, 1.165) is 6.07 Å². The molecule has 5 rings (SSSR count). The minimum absolute atomic E-state index is 0.0854. The molecule has 2 heterocycles. The van der Waals surface area contributed by atoms with E-state index in [1.807, 2.05) is 17.6 Å². The highest BCUT2D eigenvalue weighted by molar-refractivity contribution is 5.92. The summed E-state index contributed by atoms with van der Waals surface area (Å²) >= 11 is 0. The molecular weight excluding hydrogens is 542 g/mol. The number of imidazole rings is 1. The second kappa shape index (κ2) is 12.2. The number of nitrogens with zero attached hydrogens (tertiary/aromatic N) is 4. The molecule has 0 saturated heterocycles. The fraction of sp³-hybridized carbons (Fsp3) is 0.188. The van der Waals surface area contributed by atoms with Crippen molar-refractivity contribution in [2.24, 2.45) is 0 Å². The van der Waals surface area contributed by atoms with Crippen molar-refractivity contribution < 1.29 is 28.2 Å². The van der Waals surface area contributed by atoms with Gasteiger partial charge in [-0.1, -0.05) is 24.3 Å². The van der Waals surface area contributed by atoms with Crippen LogP contribution in [0.4, 0.5) is 8.78 Å². The fourth-order valence-corrected chi connectivity index (χ4v) is 4.54. The molecule has 0 aliphatic rings. The Kier molecular flexibility index (Phi) is 8.22. The number of carbonyl (C=O) groups is 1. The number of carboxylic acid groups (broad SMARTS) is 1. The van der Waals surface area contributed by atoms with Gasteiger partial charge in [-0.25, -0.2) is 23.5 Å². The van der Waals surface area contributed by atoms with Crippen molar-refractivity contribution in [2.75, 3.05) is 7.11 Å². The standard InChI is InChI=1S/C32H26F2N4O4/c1-19(41-2)17-38-29-14-23(32(39)40)10-11-28(29)36-30(38)15-21-8-9-22(13-26(21)34)27-4-3-5-31(37-27)42-18-24-7-6-20(16-35)12-25(24)33/h3-14,19H,15,17-18H2,1-2H3,(H,39,40). The number of methoxy groups -OCH3 is 1. The van der Waals surface area contributed by atoms with Gasteiger partial charge in [-0.2, -0.15) is 5.26 Å². The summed E-state index contributed by atoms with van der Waals surface area (Å²) in [7, 11) is 1.59. The van der Waals surface area contributed by atoms with Crippen molar-refractivity contribution in [2.45, 2.75) is 32.6 Å². The summed E-state index contributed by atoms with van der Waals surface area (Å²) in [6.07, 6.45) is -0.0114. The summed E-state index contributed by atoms with van der Waals surface area (Å²) in [6, 6.07) is 20.6. The van der Waals surface area contributed by atoms with Crippen LogP contribution in [0.25, 0.3) is 22.3 Å². The molecule has 212 valence electrons. The first-order chi connectivity index (χ1) is 20.2. The number of aromatic carboxylic acids is 1. The highest BCUT2D eigenvalue weighted by Gasteiger charge is 2.18. The zero-order valence-corrected chi connectivity index (χ0v) is 22.8. The van der Waals surface area contributed by atoms with Gasteiger partial charge in [0.25, 0.3) is 0 Å². The third-order valence-electron chi connectivity index (χ3n) is 6.89. The van der Waals surface area contributed by atoms with Crippen LogP contribution in [0.5, 0.6) is 5.88 Å². The molecule has 42 heavy (non-hydrogen) atoms. The van der Waals surface area contributed by atoms with Gasteiger partial charge in [0.1, 0.15) is 24.1 Å². The van der Waals surface area contributed by atoms with Crippen LogP contribution in [0.15, 0.2) is 72.8 Å². The first kappa shape index (κ1) is 28.4. The van der Waals surface area contributed by atoms with Gasteiger partial charge in [-0.05, 0) is 55.0 Å². The third-order valence-corrected chi connectivity index (χ3v) is 6.89. The Morgan fingerprint density at radius 2 is 1.81 bits per heavy atom. The topological polar surface area (TPSA) is 110 Å². The van der Waals surface area contributed by atoms with Crippen LogP contribution < -0.4 is 4.74 Å². The average Bonchev–Trinajstić information content (AvgIpc) is 3.33. The van der Waals surface area contributed by atoms with E-state index in [9.17, 15) is 14.3 Å².